The SMILES string of the molecule is C=CC(=O)OCCOCCOC(=O)CCC(=O)OC. The summed E-state index contributed by atoms with van der Waals surface area (Å²) in [5, 5.41) is 0. The summed E-state index contributed by atoms with van der Waals surface area (Å²) in [5.74, 6) is -1.47. The number of rotatable bonds is 10. The van der Waals surface area contributed by atoms with Crippen molar-refractivity contribution in [3.8, 4) is 0 Å². The maximum Gasteiger partial charge on any atom is 0.330 e. The second-order valence-corrected chi connectivity index (χ2v) is 3.28. The van der Waals surface area contributed by atoms with E-state index in [0.717, 1.165) is 6.08 Å². The Hall–Kier alpha value is -1.89. The molecule has 0 saturated heterocycles. The van der Waals surface area contributed by atoms with E-state index in [1.54, 1.807) is 0 Å². The van der Waals surface area contributed by atoms with Crippen molar-refractivity contribution in [1.29, 1.82) is 0 Å². The van der Waals surface area contributed by atoms with Crippen LogP contribution in [0.1, 0.15) is 12.8 Å². The lowest BCUT2D eigenvalue weighted by atomic mass is 10.3. The molecule has 0 bridgehead atoms. The fourth-order valence-corrected chi connectivity index (χ4v) is 0.955. The van der Waals surface area contributed by atoms with Gasteiger partial charge in [-0.2, -0.15) is 0 Å². The molecule has 0 atom stereocenters. The lowest BCUT2D eigenvalue weighted by Crippen LogP contribution is -2.14. The van der Waals surface area contributed by atoms with Crippen molar-refractivity contribution in [1.82, 2.24) is 0 Å². The summed E-state index contributed by atoms with van der Waals surface area (Å²) in [6.45, 7) is 3.83. The summed E-state index contributed by atoms with van der Waals surface area (Å²) in [7, 11) is 1.25. The zero-order valence-electron chi connectivity index (χ0n) is 10.9. The van der Waals surface area contributed by atoms with Crippen molar-refractivity contribution in [2.75, 3.05) is 33.5 Å². The van der Waals surface area contributed by atoms with Gasteiger partial charge in [0.15, 0.2) is 0 Å². The lowest BCUT2D eigenvalue weighted by Gasteiger charge is -2.06. The van der Waals surface area contributed by atoms with Gasteiger partial charge in [0.25, 0.3) is 0 Å². The van der Waals surface area contributed by atoms with Gasteiger partial charge in [0, 0.05) is 6.08 Å². The largest absolute Gasteiger partial charge is 0.469 e. The van der Waals surface area contributed by atoms with Crippen molar-refractivity contribution < 1.29 is 33.3 Å². The van der Waals surface area contributed by atoms with Gasteiger partial charge in [-0.25, -0.2) is 4.79 Å². The van der Waals surface area contributed by atoms with Crippen LogP contribution in [0.15, 0.2) is 12.7 Å². The lowest BCUT2D eigenvalue weighted by molar-refractivity contribution is -0.150. The molecule has 0 unspecified atom stereocenters. The molecule has 19 heavy (non-hydrogen) atoms. The number of carbonyl (C=O) groups is 3. The first-order valence-corrected chi connectivity index (χ1v) is 5.69. The highest BCUT2D eigenvalue weighted by molar-refractivity contribution is 5.81. The molecule has 0 radical (unpaired) electrons. The maximum absolute atomic E-state index is 11.1. The van der Waals surface area contributed by atoms with E-state index >= 15 is 0 Å². The summed E-state index contributed by atoms with van der Waals surface area (Å²) in [6.07, 6.45) is 1.03. The fourth-order valence-electron chi connectivity index (χ4n) is 0.955. The van der Waals surface area contributed by atoms with Gasteiger partial charge in [0.2, 0.25) is 0 Å². The van der Waals surface area contributed by atoms with Crippen molar-refractivity contribution in [2.24, 2.45) is 0 Å². The standard InChI is InChI=1S/C12H18O7/c1-3-10(13)18-8-6-17-7-9-19-12(15)5-4-11(14)16-2/h3H,1,4-9H2,2H3. The minimum Gasteiger partial charge on any atom is -0.469 e. The molecular weight excluding hydrogens is 256 g/mol. The number of hydrogen-bond acceptors (Lipinski definition) is 7. The Morgan fingerprint density at radius 3 is 2.11 bits per heavy atom. The predicted octanol–water partition coefficient (Wildman–Crippen LogP) is 0.229. The van der Waals surface area contributed by atoms with Gasteiger partial charge in [-0.05, 0) is 0 Å². The molecule has 0 spiro atoms. The van der Waals surface area contributed by atoms with Crippen LogP contribution in [0.2, 0.25) is 0 Å². The minimum absolute atomic E-state index is 0.00625. The monoisotopic (exact) mass is 274 g/mol. The van der Waals surface area contributed by atoms with E-state index in [9.17, 15) is 14.4 Å². The normalized spacial score (nSPS) is 9.53. The number of ether oxygens (including phenoxy) is 4. The minimum atomic E-state index is -0.516. The Labute approximate surface area is 111 Å². The second-order valence-electron chi connectivity index (χ2n) is 3.28. The Morgan fingerprint density at radius 1 is 0.947 bits per heavy atom. The number of esters is 3. The third-order valence-corrected chi connectivity index (χ3v) is 1.89. The first kappa shape index (κ1) is 17.1. The highest BCUT2D eigenvalue weighted by Gasteiger charge is 2.07. The number of hydrogen-bond donors (Lipinski definition) is 0. The van der Waals surface area contributed by atoms with Crippen LogP contribution in [0.3, 0.4) is 0 Å². The average Bonchev–Trinajstić information content (AvgIpc) is 2.43. The van der Waals surface area contributed by atoms with E-state index in [1.807, 2.05) is 0 Å². The molecule has 0 aliphatic rings. The Bertz CT molecular complexity index is 311. The Morgan fingerprint density at radius 2 is 1.53 bits per heavy atom. The van der Waals surface area contributed by atoms with Crippen LogP contribution in [-0.4, -0.2) is 51.4 Å². The van der Waals surface area contributed by atoms with Crippen molar-refractivity contribution in [3.05, 3.63) is 12.7 Å². The molecule has 7 nitrogen and oxygen atoms in total. The van der Waals surface area contributed by atoms with Gasteiger partial charge in [-0.3, -0.25) is 9.59 Å². The smallest absolute Gasteiger partial charge is 0.330 e. The summed E-state index contributed by atoms with van der Waals surface area (Å²) >= 11 is 0. The topological polar surface area (TPSA) is 88.1 Å². The van der Waals surface area contributed by atoms with E-state index in [2.05, 4.69) is 16.1 Å². The zero-order chi connectivity index (χ0) is 14.5. The molecule has 7 heteroatoms. The molecule has 0 aromatic rings. The molecule has 0 heterocycles. The van der Waals surface area contributed by atoms with Crippen molar-refractivity contribution >= 4 is 17.9 Å². The van der Waals surface area contributed by atoms with Crippen LogP contribution in [0.25, 0.3) is 0 Å². The van der Waals surface area contributed by atoms with E-state index in [-0.39, 0.29) is 39.3 Å². The van der Waals surface area contributed by atoms with E-state index < -0.39 is 17.9 Å². The van der Waals surface area contributed by atoms with E-state index in [4.69, 9.17) is 9.47 Å². The molecule has 0 aliphatic carbocycles. The summed E-state index contributed by atoms with van der Waals surface area (Å²) in [5.41, 5.74) is 0. The summed E-state index contributed by atoms with van der Waals surface area (Å²) in [6, 6.07) is 0. The molecule has 108 valence electrons. The molecular formula is C12H18O7. The van der Waals surface area contributed by atoms with Crippen LogP contribution in [0.5, 0.6) is 0 Å². The van der Waals surface area contributed by atoms with Crippen LogP contribution in [0.4, 0.5) is 0 Å². The van der Waals surface area contributed by atoms with Crippen molar-refractivity contribution in [3.63, 3.8) is 0 Å². The average molecular weight is 274 g/mol. The van der Waals surface area contributed by atoms with Crippen molar-refractivity contribution in [2.45, 2.75) is 12.8 Å². The summed E-state index contributed by atoms with van der Waals surface area (Å²) < 4.78 is 18.9. The van der Waals surface area contributed by atoms with Gasteiger partial charge in [0.1, 0.15) is 13.2 Å². The quantitative estimate of drug-likeness (QED) is 0.244. The number of carbonyl (C=O) groups excluding carboxylic acids is 3. The molecule has 0 aliphatic heterocycles. The van der Waals surface area contributed by atoms with Gasteiger partial charge in [-0.1, -0.05) is 6.58 Å². The Balaban J connectivity index is 3.34. The molecule has 0 saturated carbocycles. The van der Waals surface area contributed by atoms with Gasteiger partial charge < -0.3 is 18.9 Å². The van der Waals surface area contributed by atoms with Gasteiger partial charge >= 0.3 is 17.9 Å². The Kier molecular flexibility index (Phi) is 10.1. The third kappa shape index (κ3) is 11.0. The van der Waals surface area contributed by atoms with Crippen LogP contribution >= 0.6 is 0 Å². The van der Waals surface area contributed by atoms with Crippen LogP contribution in [0, 0.1) is 0 Å². The van der Waals surface area contributed by atoms with Crippen LogP contribution in [-0.2, 0) is 33.3 Å². The first-order valence-electron chi connectivity index (χ1n) is 5.69. The summed E-state index contributed by atoms with van der Waals surface area (Å²) in [4.78, 5) is 32.5. The molecule has 0 amide bonds. The fraction of sp³-hybridized carbons (Fsp3) is 0.583. The van der Waals surface area contributed by atoms with Gasteiger partial charge in [-0.15, -0.1) is 0 Å². The zero-order valence-corrected chi connectivity index (χ0v) is 10.9. The molecule has 0 N–H and O–H groups in total. The third-order valence-electron chi connectivity index (χ3n) is 1.89. The van der Waals surface area contributed by atoms with Gasteiger partial charge in [0.05, 0.1) is 33.2 Å². The van der Waals surface area contributed by atoms with E-state index in [0.29, 0.717) is 0 Å². The molecule has 0 fully saturated rings. The highest BCUT2D eigenvalue weighted by atomic mass is 16.6. The molecule has 0 aromatic heterocycles. The molecule has 0 rings (SSSR count). The predicted molar refractivity (Wildman–Crippen MR) is 64.2 cm³/mol. The maximum atomic E-state index is 11.1. The first-order chi connectivity index (χ1) is 9.10. The van der Waals surface area contributed by atoms with E-state index in [1.165, 1.54) is 7.11 Å². The highest BCUT2D eigenvalue weighted by Crippen LogP contribution is 1.95. The van der Waals surface area contributed by atoms with Crippen LogP contribution < -0.4 is 0 Å². The molecule has 0 aromatic carbocycles. The second kappa shape index (κ2) is 11.2. The number of methoxy groups -OCH3 is 1.